The van der Waals surface area contributed by atoms with Gasteiger partial charge in [0, 0.05) is 23.9 Å². The van der Waals surface area contributed by atoms with Crippen molar-refractivity contribution in [3.63, 3.8) is 0 Å². The average Bonchev–Trinajstić information content (AvgIpc) is 2.66. The fraction of sp³-hybridized carbons (Fsp3) is 0.222. The van der Waals surface area contributed by atoms with E-state index >= 15 is 0 Å². The van der Waals surface area contributed by atoms with Crippen LogP contribution in [0.25, 0.3) is 10.9 Å². The van der Waals surface area contributed by atoms with E-state index in [2.05, 4.69) is 9.97 Å². The highest BCUT2D eigenvalue weighted by Gasteiger charge is 2.19. The van der Waals surface area contributed by atoms with Crippen LogP contribution in [0.4, 0.5) is 11.5 Å². The summed E-state index contributed by atoms with van der Waals surface area (Å²) < 4.78 is 15.6. The lowest BCUT2D eigenvalue weighted by atomic mass is 10.1. The second kappa shape index (κ2) is 7.32. The minimum atomic E-state index is -0.532. The van der Waals surface area contributed by atoms with Crippen molar-refractivity contribution in [2.24, 2.45) is 0 Å². The van der Waals surface area contributed by atoms with Crippen LogP contribution in [0.1, 0.15) is 11.4 Å². The molecule has 0 aliphatic carbocycles. The molecule has 0 spiro atoms. The van der Waals surface area contributed by atoms with E-state index in [9.17, 15) is 10.1 Å². The monoisotopic (exact) mass is 370 g/mol. The predicted molar refractivity (Wildman–Crippen MR) is 99.5 cm³/mol. The molecule has 0 bridgehead atoms. The van der Waals surface area contributed by atoms with Gasteiger partial charge in [-0.2, -0.15) is 0 Å². The van der Waals surface area contributed by atoms with Crippen LogP contribution in [-0.4, -0.2) is 36.2 Å². The summed E-state index contributed by atoms with van der Waals surface area (Å²) in [7, 11) is 4.49. The summed E-state index contributed by atoms with van der Waals surface area (Å²) in [6, 6.07) is 8.32. The number of nitrogens with zero attached hydrogens (tertiary/aromatic N) is 3. The topological polar surface area (TPSA) is 123 Å². The highest BCUT2D eigenvalue weighted by molar-refractivity contribution is 5.91. The van der Waals surface area contributed by atoms with E-state index in [1.165, 1.54) is 19.2 Å². The molecule has 2 N–H and O–H groups in total. The number of ether oxygens (including phenoxy) is 3. The summed E-state index contributed by atoms with van der Waals surface area (Å²) in [5, 5.41) is 11.6. The van der Waals surface area contributed by atoms with Crippen LogP contribution in [-0.2, 0) is 6.42 Å². The quantitative estimate of drug-likeness (QED) is 0.519. The Bertz CT molecular complexity index is 1020. The largest absolute Gasteiger partial charge is 0.493 e. The van der Waals surface area contributed by atoms with Crippen molar-refractivity contribution >= 4 is 22.4 Å². The zero-order valence-electron chi connectivity index (χ0n) is 15.1. The van der Waals surface area contributed by atoms with Crippen molar-refractivity contribution in [1.82, 2.24) is 9.97 Å². The van der Waals surface area contributed by atoms with Crippen molar-refractivity contribution in [3.8, 4) is 17.2 Å². The van der Waals surface area contributed by atoms with Crippen LogP contribution < -0.4 is 19.9 Å². The van der Waals surface area contributed by atoms with Crippen LogP contribution in [0.15, 0.2) is 30.3 Å². The molecule has 0 aliphatic heterocycles. The van der Waals surface area contributed by atoms with Crippen molar-refractivity contribution in [2.45, 2.75) is 6.42 Å². The number of hydrogen-bond acceptors (Lipinski definition) is 8. The first-order valence-electron chi connectivity index (χ1n) is 7.96. The van der Waals surface area contributed by atoms with E-state index in [1.54, 1.807) is 20.3 Å². The minimum Gasteiger partial charge on any atom is -0.493 e. The van der Waals surface area contributed by atoms with Crippen molar-refractivity contribution in [1.29, 1.82) is 0 Å². The molecule has 3 aromatic rings. The SMILES string of the molecule is COc1ccc(Cc2nc(N)c3cc([N+](=O)[O-])c(OC)cc3n2)cc1OC. The molecule has 9 heteroatoms. The number of nitro benzene ring substituents is 1. The molecule has 1 aromatic heterocycles. The summed E-state index contributed by atoms with van der Waals surface area (Å²) in [5.74, 6) is 1.98. The van der Waals surface area contributed by atoms with E-state index in [4.69, 9.17) is 19.9 Å². The molecule has 3 rings (SSSR count). The molecule has 0 radical (unpaired) electrons. The van der Waals surface area contributed by atoms with Crippen molar-refractivity contribution in [3.05, 3.63) is 51.8 Å². The lowest BCUT2D eigenvalue weighted by Crippen LogP contribution is -2.04. The van der Waals surface area contributed by atoms with Crippen LogP contribution in [0, 0.1) is 10.1 Å². The second-order valence-electron chi connectivity index (χ2n) is 5.69. The Morgan fingerprint density at radius 3 is 2.33 bits per heavy atom. The number of methoxy groups -OCH3 is 3. The molecule has 1 heterocycles. The molecule has 2 aromatic carbocycles. The molecule has 0 aliphatic rings. The van der Waals surface area contributed by atoms with Gasteiger partial charge in [0.15, 0.2) is 17.2 Å². The normalized spacial score (nSPS) is 10.6. The summed E-state index contributed by atoms with van der Waals surface area (Å²) in [6.45, 7) is 0. The Labute approximate surface area is 154 Å². The third-order valence-corrected chi connectivity index (χ3v) is 4.08. The van der Waals surface area contributed by atoms with Gasteiger partial charge in [0.05, 0.1) is 31.8 Å². The molecule has 9 nitrogen and oxygen atoms in total. The zero-order valence-corrected chi connectivity index (χ0v) is 15.1. The zero-order chi connectivity index (χ0) is 19.6. The molecule has 0 fully saturated rings. The maximum atomic E-state index is 11.2. The standard InChI is InChI=1S/C18H18N4O5/c1-25-14-5-4-10(6-16(14)27-3)7-17-20-12-9-15(26-2)13(22(23)24)8-11(12)18(19)21-17/h4-6,8-9H,7H2,1-3H3,(H2,19,20,21). The number of nitro groups is 1. The number of fused-ring (bicyclic) bond motifs is 1. The van der Waals surface area contributed by atoms with E-state index in [0.29, 0.717) is 34.6 Å². The smallest absolute Gasteiger partial charge is 0.311 e. The van der Waals surface area contributed by atoms with Gasteiger partial charge in [-0.1, -0.05) is 6.07 Å². The lowest BCUT2D eigenvalue weighted by molar-refractivity contribution is -0.385. The van der Waals surface area contributed by atoms with Gasteiger partial charge in [-0.3, -0.25) is 10.1 Å². The van der Waals surface area contributed by atoms with Crippen molar-refractivity contribution < 1.29 is 19.1 Å². The van der Waals surface area contributed by atoms with E-state index in [1.807, 2.05) is 12.1 Å². The van der Waals surface area contributed by atoms with Gasteiger partial charge < -0.3 is 19.9 Å². The van der Waals surface area contributed by atoms with E-state index in [0.717, 1.165) is 5.56 Å². The Hall–Kier alpha value is -3.62. The van der Waals surface area contributed by atoms with Gasteiger partial charge in [-0.15, -0.1) is 0 Å². The average molecular weight is 370 g/mol. The van der Waals surface area contributed by atoms with Gasteiger partial charge in [0.25, 0.3) is 0 Å². The third kappa shape index (κ3) is 3.52. The molecule has 27 heavy (non-hydrogen) atoms. The predicted octanol–water partition coefficient (Wildman–Crippen LogP) is 2.74. The van der Waals surface area contributed by atoms with Gasteiger partial charge in [-0.05, 0) is 17.7 Å². The number of rotatable bonds is 6. The maximum absolute atomic E-state index is 11.2. The first kappa shape index (κ1) is 18.2. The molecule has 0 saturated heterocycles. The lowest BCUT2D eigenvalue weighted by Gasteiger charge is -2.10. The van der Waals surface area contributed by atoms with Gasteiger partial charge in [0.2, 0.25) is 0 Å². The first-order valence-corrected chi connectivity index (χ1v) is 7.96. The number of anilines is 1. The first-order chi connectivity index (χ1) is 13.0. The van der Waals surface area contributed by atoms with E-state index in [-0.39, 0.29) is 17.3 Å². The van der Waals surface area contributed by atoms with Gasteiger partial charge >= 0.3 is 5.69 Å². The fourth-order valence-electron chi connectivity index (χ4n) is 2.78. The molecular weight excluding hydrogens is 352 g/mol. The minimum absolute atomic E-state index is 0.114. The summed E-state index contributed by atoms with van der Waals surface area (Å²) in [4.78, 5) is 19.4. The Morgan fingerprint density at radius 1 is 1.00 bits per heavy atom. The van der Waals surface area contributed by atoms with Crippen LogP contribution >= 0.6 is 0 Å². The molecule has 140 valence electrons. The Balaban J connectivity index is 2.03. The van der Waals surface area contributed by atoms with Crippen LogP contribution in [0.5, 0.6) is 17.2 Å². The summed E-state index contributed by atoms with van der Waals surface area (Å²) in [6.07, 6.45) is 0.403. The Morgan fingerprint density at radius 2 is 1.70 bits per heavy atom. The van der Waals surface area contributed by atoms with Gasteiger partial charge in [-0.25, -0.2) is 9.97 Å². The maximum Gasteiger partial charge on any atom is 0.311 e. The third-order valence-electron chi connectivity index (χ3n) is 4.08. The van der Waals surface area contributed by atoms with Crippen molar-refractivity contribution in [2.75, 3.05) is 27.1 Å². The van der Waals surface area contributed by atoms with Gasteiger partial charge in [0.1, 0.15) is 11.6 Å². The number of benzene rings is 2. The molecule has 0 amide bonds. The number of aromatic nitrogens is 2. The van der Waals surface area contributed by atoms with Crippen LogP contribution in [0.3, 0.4) is 0 Å². The molecule has 0 atom stereocenters. The summed E-state index contributed by atoms with van der Waals surface area (Å²) in [5.41, 5.74) is 7.20. The van der Waals surface area contributed by atoms with E-state index < -0.39 is 4.92 Å². The van der Waals surface area contributed by atoms with Crippen LogP contribution in [0.2, 0.25) is 0 Å². The highest BCUT2D eigenvalue weighted by Crippen LogP contribution is 2.33. The highest BCUT2D eigenvalue weighted by atomic mass is 16.6. The molecule has 0 unspecified atom stereocenters. The second-order valence-corrected chi connectivity index (χ2v) is 5.69. The number of hydrogen-bond donors (Lipinski definition) is 1. The molecular formula is C18H18N4O5. The Kier molecular flexibility index (Phi) is 4.93. The number of nitrogens with two attached hydrogens (primary N) is 1. The number of nitrogen functional groups attached to an aromatic ring is 1. The summed E-state index contributed by atoms with van der Waals surface area (Å²) >= 11 is 0. The molecule has 0 saturated carbocycles. The fourth-order valence-corrected chi connectivity index (χ4v) is 2.78.